The summed E-state index contributed by atoms with van der Waals surface area (Å²) < 4.78 is 11.6. The van der Waals surface area contributed by atoms with Crippen molar-refractivity contribution in [2.75, 3.05) is 12.3 Å². The van der Waals surface area contributed by atoms with Crippen molar-refractivity contribution in [3.05, 3.63) is 38.1 Å². The molecule has 2 aromatic rings. The van der Waals surface area contributed by atoms with E-state index in [4.69, 9.17) is 15.2 Å². The third-order valence-electron chi connectivity index (χ3n) is 3.64. The normalized spacial score (nSPS) is 10.8. The standard InChI is InChI=1S/C18H19BrN2O7/c1-4-27-10-5-8(9(19)6-11(10)28-7(2)3)12-13(17(23)24)15(20)21-16(22)14(12)18(25)26/h5-7H,4H2,1-3H3,(H,23,24)(H,25,26)(H3,20,21,22). The largest absolute Gasteiger partial charge is 0.490 e. The minimum atomic E-state index is -1.59. The Bertz CT molecular complexity index is 998. The molecule has 1 aromatic carbocycles. The van der Waals surface area contributed by atoms with Gasteiger partial charge in [-0.2, -0.15) is 0 Å². The van der Waals surface area contributed by atoms with Crippen molar-refractivity contribution in [3.8, 4) is 22.6 Å². The van der Waals surface area contributed by atoms with E-state index >= 15 is 0 Å². The number of anilines is 1. The molecule has 5 N–H and O–H groups in total. The summed E-state index contributed by atoms with van der Waals surface area (Å²) in [6.07, 6.45) is -0.170. The summed E-state index contributed by atoms with van der Waals surface area (Å²) in [5, 5.41) is 19.1. The molecule has 9 nitrogen and oxygen atoms in total. The molecule has 0 atom stereocenters. The first-order valence-corrected chi connectivity index (χ1v) is 9.03. The molecule has 10 heteroatoms. The fraction of sp³-hybridized carbons (Fsp3) is 0.278. The number of nitrogen functional groups attached to an aromatic ring is 1. The van der Waals surface area contributed by atoms with Crippen molar-refractivity contribution < 1.29 is 29.3 Å². The molecular weight excluding hydrogens is 436 g/mol. The van der Waals surface area contributed by atoms with E-state index in [1.165, 1.54) is 12.1 Å². The van der Waals surface area contributed by atoms with E-state index in [-0.39, 0.29) is 29.6 Å². The number of pyridine rings is 1. The average molecular weight is 455 g/mol. The van der Waals surface area contributed by atoms with E-state index in [2.05, 4.69) is 20.9 Å². The van der Waals surface area contributed by atoms with E-state index in [0.717, 1.165) is 0 Å². The van der Waals surface area contributed by atoms with E-state index in [1.54, 1.807) is 6.92 Å². The molecule has 0 spiro atoms. The molecule has 0 fully saturated rings. The lowest BCUT2D eigenvalue weighted by Crippen LogP contribution is -2.24. The zero-order valence-electron chi connectivity index (χ0n) is 15.3. The number of carboxylic acid groups (broad SMARTS) is 2. The summed E-state index contributed by atoms with van der Waals surface area (Å²) in [6, 6.07) is 2.94. The van der Waals surface area contributed by atoms with Gasteiger partial charge in [-0.05, 0) is 32.9 Å². The molecule has 2 rings (SSSR count). The molecule has 0 unspecified atom stereocenters. The van der Waals surface area contributed by atoms with Crippen LogP contribution in [0, 0.1) is 0 Å². The van der Waals surface area contributed by atoms with Crippen LogP contribution in [-0.2, 0) is 0 Å². The first-order chi connectivity index (χ1) is 13.1. The number of hydrogen-bond donors (Lipinski definition) is 4. The third-order valence-corrected chi connectivity index (χ3v) is 4.29. The zero-order valence-corrected chi connectivity index (χ0v) is 16.9. The quantitative estimate of drug-likeness (QED) is 0.497. The highest BCUT2D eigenvalue weighted by Crippen LogP contribution is 2.41. The lowest BCUT2D eigenvalue weighted by molar-refractivity contribution is 0.0695. The monoisotopic (exact) mass is 454 g/mol. The maximum Gasteiger partial charge on any atom is 0.342 e. The number of carboxylic acids is 2. The third kappa shape index (κ3) is 4.11. The Morgan fingerprint density at radius 1 is 1.18 bits per heavy atom. The number of benzene rings is 1. The minimum Gasteiger partial charge on any atom is -0.490 e. The van der Waals surface area contributed by atoms with Crippen LogP contribution in [0.25, 0.3) is 11.1 Å². The van der Waals surface area contributed by atoms with Gasteiger partial charge in [0.1, 0.15) is 16.9 Å². The molecule has 0 amide bonds. The number of halogens is 1. The number of H-pyrrole nitrogens is 1. The van der Waals surface area contributed by atoms with Gasteiger partial charge in [0, 0.05) is 15.6 Å². The SMILES string of the molecule is CCOc1cc(-c2c(C(=O)O)c(N)[nH]c(=O)c2C(=O)O)c(Br)cc1OC(C)C. The summed E-state index contributed by atoms with van der Waals surface area (Å²) in [5.74, 6) is -2.89. The van der Waals surface area contributed by atoms with Crippen molar-refractivity contribution in [3.63, 3.8) is 0 Å². The van der Waals surface area contributed by atoms with Gasteiger partial charge in [0.25, 0.3) is 5.56 Å². The van der Waals surface area contributed by atoms with Crippen LogP contribution in [0.4, 0.5) is 5.82 Å². The maximum absolute atomic E-state index is 12.2. The van der Waals surface area contributed by atoms with Crippen LogP contribution in [-0.4, -0.2) is 39.8 Å². The number of aromatic nitrogens is 1. The summed E-state index contributed by atoms with van der Waals surface area (Å²) in [7, 11) is 0. The highest BCUT2D eigenvalue weighted by Gasteiger charge is 2.28. The number of carbonyl (C=O) groups is 2. The highest BCUT2D eigenvalue weighted by atomic mass is 79.9. The first kappa shape index (κ1) is 21.3. The van der Waals surface area contributed by atoms with Gasteiger partial charge in [0.15, 0.2) is 11.5 Å². The van der Waals surface area contributed by atoms with Crippen molar-refractivity contribution >= 4 is 33.7 Å². The van der Waals surface area contributed by atoms with Gasteiger partial charge >= 0.3 is 11.9 Å². The summed E-state index contributed by atoms with van der Waals surface area (Å²) in [4.78, 5) is 37.8. The summed E-state index contributed by atoms with van der Waals surface area (Å²) in [6.45, 7) is 5.67. The topological polar surface area (TPSA) is 152 Å². The van der Waals surface area contributed by atoms with Crippen LogP contribution in [0.5, 0.6) is 11.5 Å². The van der Waals surface area contributed by atoms with Crippen LogP contribution in [0.15, 0.2) is 21.4 Å². The van der Waals surface area contributed by atoms with Crippen LogP contribution in [0.1, 0.15) is 41.5 Å². The molecule has 150 valence electrons. The highest BCUT2D eigenvalue weighted by molar-refractivity contribution is 9.10. The van der Waals surface area contributed by atoms with Gasteiger partial charge in [-0.15, -0.1) is 0 Å². The van der Waals surface area contributed by atoms with Crippen molar-refractivity contribution in [2.24, 2.45) is 0 Å². The maximum atomic E-state index is 12.2. The Morgan fingerprint density at radius 2 is 1.79 bits per heavy atom. The Hall–Kier alpha value is -3.01. The molecular formula is C18H19BrN2O7. The molecule has 0 saturated heterocycles. The molecule has 0 bridgehead atoms. The van der Waals surface area contributed by atoms with Gasteiger partial charge in [-0.3, -0.25) is 4.79 Å². The fourth-order valence-electron chi connectivity index (χ4n) is 2.66. The smallest absolute Gasteiger partial charge is 0.342 e. The molecule has 28 heavy (non-hydrogen) atoms. The molecule has 0 aliphatic rings. The number of hydrogen-bond acceptors (Lipinski definition) is 6. The van der Waals surface area contributed by atoms with Gasteiger partial charge < -0.3 is 30.4 Å². The van der Waals surface area contributed by atoms with Crippen molar-refractivity contribution in [1.82, 2.24) is 4.98 Å². The van der Waals surface area contributed by atoms with Crippen LogP contribution >= 0.6 is 15.9 Å². The van der Waals surface area contributed by atoms with Crippen LogP contribution < -0.4 is 20.8 Å². The molecule has 1 aromatic heterocycles. The Kier molecular flexibility index (Phi) is 6.34. The van der Waals surface area contributed by atoms with E-state index in [1.807, 2.05) is 13.8 Å². The number of nitrogens with one attached hydrogen (secondary N) is 1. The molecule has 0 aliphatic carbocycles. The van der Waals surface area contributed by atoms with Crippen LogP contribution in [0.3, 0.4) is 0 Å². The van der Waals surface area contributed by atoms with Gasteiger partial charge in [0.2, 0.25) is 0 Å². The molecule has 0 radical (unpaired) electrons. The molecule has 1 heterocycles. The van der Waals surface area contributed by atoms with Crippen LogP contribution in [0.2, 0.25) is 0 Å². The van der Waals surface area contributed by atoms with E-state index in [0.29, 0.717) is 10.2 Å². The number of nitrogens with two attached hydrogens (primary N) is 1. The predicted octanol–water partition coefficient (Wildman–Crippen LogP) is 2.97. The zero-order chi connectivity index (χ0) is 21.2. The first-order valence-electron chi connectivity index (χ1n) is 8.24. The minimum absolute atomic E-state index is 0.118. The molecule has 0 aliphatic heterocycles. The Balaban J connectivity index is 2.94. The molecule has 0 saturated carbocycles. The van der Waals surface area contributed by atoms with Crippen molar-refractivity contribution in [2.45, 2.75) is 26.9 Å². The predicted molar refractivity (Wildman–Crippen MR) is 105 cm³/mol. The average Bonchev–Trinajstić information content (AvgIpc) is 2.55. The van der Waals surface area contributed by atoms with Gasteiger partial charge in [0.05, 0.1) is 12.7 Å². The Labute approximate surface area is 168 Å². The lowest BCUT2D eigenvalue weighted by atomic mass is 9.95. The van der Waals surface area contributed by atoms with Crippen molar-refractivity contribution in [1.29, 1.82) is 0 Å². The number of ether oxygens (including phenoxy) is 2. The summed E-state index contributed by atoms with van der Waals surface area (Å²) >= 11 is 3.30. The second-order valence-corrected chi connectivity index (χ2v) is 6.84. The summed E-state index contributed by atoms with van der Waals surface area (Å²) in [5.41, 5.74) is 3.17. The van der Waals surface area contributed by atoms with Gasteiger partial charge in [-0.25, -0.2) is 9.59 Å². The lowest BCUT2D eigenvalue weighted by Gasteiger charge is -2.19. The Morgan fingerprint density at radius 3 is 2.29 bits per heavy atom. The number of rotatable bonds is 7. The van der Waals surface area contributed by atoms with E-state index < -0.39 is 34.4 Å². The van der Waals surface area contributed by atoms with Gasteiger partial charge in [-0.1, -0.05) is 15.9 Å². The second-order valence-electron chi connectivity index (χ2n) is 5.98. The second kappa shape index (κ2) is 8.34. The fourth-order valence-corrected chi connectivity index (χ4v) is 3.18. The number of aromatic amines is 1. The number of aromatic carboxylic acids is 2. The van der Waals surface area contributed by atoms with E-state index in [9.17, 15) is 24.6 Å².